The Morgan fingerprint density at radius 2 is 1.71 bits per heavy atom. The molecule has 148 valence electrons. The van der Waals surface area contributed by atoms with E-state index in [2.05, 4.69) is 5.32 Å². The number of hydrogen-bond donors (Lipinski definition) is 2. The topological polar surface area (TPSA) is 113 Å². The SMILES string of the molecule is O=C(Nc1ccc(I)cc1C(=O)O)c1ccc(S(=O)(=O)N2CCOCC2)cc1. The number of sulfonamides is 1. The van der Waals surface area contributed by atoms with Gasteiger partial charge in [-0.3, -0.25) is 4.79 Å². The fraction of sp³-hybridized carbons (Fsp3) is 0.222. The minimum atomic E-state index is -3.64. The Labute approximate surface area is 175 Å². The highest BCUT2D eigenvalue weighted by Crippen LogP contribution is 2.21. The lowest BCUT2D eigenvalue weighted by Gasteiger charge is -2.26. The fourth-order valence-electron chi connectivity index (χ4n) is 2.71. The first kappa shape index (κ1) is 20.7. The molecule has 0 spiro atoms. The molecule has 1 fully saturated rings. The highest BCUT2D eigenvalue weighted by molar-refractivity contribution is 14.1. The van der Waals surface area contributed by atoms with Crippen LogP contribution in [0.2, 0.25) is 0 Å². The van der Waals surface area contributed by atoms with Gasteiger partial charge in [-0.25, -0.2) is 13.2 Å². The molecule has 1 heterocycles. The van der Waals surface area contributed by atoms with Gasteiger partial charge in [0.25, 0.3) is 5.91 Å². The average Bonchev–Trinajstić information content (AvgIpc) is 2.70. The molecule has 1 amide bonds. The first-order valence-electron chi connectivity index (χ1n) is 8.31. The smallest absolute Gasteiger partial charge is 0.337 e. The molecule has 0 aromatic heterocycles. The fourth-order valence-corrected chi connectivity index (χ4v) is 4.61. The molecule has 28 heavy (non-hydrogen) atoms. The second-order valence-corrected chi connectivity index (χ2v) is 9.17. The van der Waals surface area contributed by atoms with Crippen molar-refractivity contribution in [2.75, 3.05) is 31.6 Å². The number of anilines is 1. The van der Waals surface area contributed by atoms with Gasteiger partial charge in [0, 0.05) is 22.2 Å². The highest BCUT2D eigenvalue weighted by atomic mass is 127. The van der Waals surface area contributed by atoms with Gasteiger partial charge >= 0.3 is 5.97 Å². The quantitative estimate of drug-likeness (QED) is 0.590. The van der Waals surface area contributed by atoms with E-state index in [1.807, 2.05) is 22.6 Å². The van der Waals surface area contributed by atoms with Gasteiger partial charge in [-0.15, -0.1) is 0 Å². The molecule has 0 atom stereocenters. The van der Waals surface area contributed by atoms with Gasteiger partial charge in [0.15, 0.2) is 0 Å². The predicted molar refractivity (Wildman–Crippen MR) is 110 cm³/mol. The van der Waals surface area contributed by atoms with E-state index in [0.29, 0.717) is 13.2 Å². The van der Waals surface area contributed by atoms with E-state index in [0.717, 1.165) is 3.57 Å². The van der Waals surface area contributed by atoms with Crippen LogP contribution >= 0.6 is 22.6 Å². The predicted octanol–water partition coefficient (Wildman–Crippen LogP) is 2.26. The van der Waals surface area contributed by atoms with Gasteiger partial charge in [-0.2, -0.15) is 4.31 Å². The molecule has 0 bridgehead atoms. The Morgan fingerprint density at radius 3 is 2.32 bits per heavy atom. The van der Waals surface area contributed by atoms with Crippen LogP contribution in [0.15, 0.2) is 47.4 Å². The minimum absolute atomic E-state index is 0.0215. The van der Waals surface area contributed by atoms with Crippen LogP contribution in [0.5, 0.6) is 0 Å². The van der Waals surface area contributed by atoms with Crippen LogP contribution in [0.3, 0.4) is 0 Å². The summed E-state index contributed by atoms with van der Waals surface area (Å²) in [4.78, 5) is 23.9. The number of carbonyl (C=O) groups excluding carboxylic acids is 1. The summed E-state index contributed by atoms with van der Waals surface area (Å²) in [7, 11) is -3.64. The van der Waals surface area contributed by atoms with Crippen LogP contribution in [0.4, 0.5) is 5.69 Å². The molecule has 1 saturated heterocycles. The number of amides is 1. The zero-order valence-corrected chi connectivity index (χ0v) is 17.6. The van der Waals surface area contributed by atoms with Crippen molar-refractivity contribution in [3.8, 4) is 0 Å². The number of benzene rings is 2. The second-order valence-electron chi connectivity index (χ2n) is 5.99. The molecule has 2 N–H and O–H groups in total. The molecule has 0 saturated carbocycles. The number of morpholine rings is 1. The summed E-state index contributed by atoms with van der Waals surface area (Å²) >= 11 is 1.99. The van der Waals surface area contributed by atoms with Crippen LogP contribution in [0.1, 0.15) is 20.7 Å². The number of halogens is 1. The van der Waals surface area contributed by atoms with Crippen molar-refractivity contribution in [2.45, 2.75) is 4.90 Å². The maximum atomic E-state index is 12.6. The standard InChI is InChI=1S/C18H17IN2O6S/c19-13-3-6-16(15(11-13)18(23)24)20-17(22)12-1-4-14(5-2-12)28(25,26)21-7-9-27-10-8-21/h1-6,11H,7-10H2,(H,20,22)(H,23,24). The third kappa shape index (κ3) is 4.51. The molecule has 0 aliphatic carbocycles. The van der Waals surface area contributed by atoms with Crippen molar-refractivity contribution >= 4 is 50.2 Å². The number of carboxylic acid groups (broad SMARTS) is 1. The Bertz CT molecular complexity index is 1000. The van der Waals surface area contributed by atoms with Crippen LogP contribution in [-0.4, -0.2) is 56.0 Å². The Hall–Kier alpha value is -2.02. The van der Waals surface area contributed by atoms with Crippen molar-refractivity contribution in [1.29, 1.82) is 0 Å². The summed E-state index contributed by atoms with van der Waals surface area (Å²) < 4.78 is 32.5. The largest absolute Gasteiger partial charge is 0.478 e. The van der Waals surface area contributed by atoms with Gasteiger partial charge in [-0.1, -0.05) is 0 Å². The van der Waals surface area contributed by atoms with Crippen molar-refractivity contribution in [3.05, 3.63) is 57.2 Å². The van der Waals surface area contributed by atoms with E-state index >= 15 is 0 Å². The molecular formula is C18H17IN2O6S. The van der Waals surface area contributed by atoms with E-state index < -0.39 is 21.9 Å². The Morgan fingerprint density at radius 1 is 1.07 bits per heavy atom. The molecular weight excluding hydrogens is 499 g/mol. The van der Waals surface area contributed by atoms with Gasteiger partial charge in [0.2, 0.25) is 10.0 Å². The third-order valence-electron chi connectivity index (χ3n) is 4.18. The molecule has 8 nitrogen and oxygen atoms in total. The van der Waals surface area contributed by atoms with Gasteiger partial charge in [0.05, 0.1) is 29.4 Å². The molecule has 0 radical (unpaired) electrons. The minimum Gasteiger partial charge on any atom is -0.478 e. The lowest BCUT2D eigenvalue weighted by atomic mass is 10.1. The average molecular weight is 516 g/mol. The van der Waals surface area contributed by atoms with Crippen molar-refractivity contribution < 1.29 is 27.9 Å². The van der Waals surface area contributed by atoms with Crippen LogP contribution < -0.4 is 5.32 Å². The lowest BCUT2D eigenvalue weighted by molar-refractivity contribution is 0.0698. The number of ether oxygens (including phenoxy) is 1. The maximum absolute atomic E-state index is 12.6. The monoisotopic (exact) mass is 516 g/mol. The van der Waals surface area contributed by atoms with Gasteiger partial charge in [-0.05, 0) is 65.1 Å². The molecule has 1 aliphatic heterocycles. The van der Waals surface area contributed by atoms with Crippen molar-refractivity contribution in [1.82, 2.24) is 4.31 Å². The normalized spacial score (nSPS) is 15.2. The van der Waals surface area contributed by atoms with Gasteiger partial charge < -0.3 is 15.2 Å². The zero-order valence-electron chi connectivity index (χ0n) is 14.6. The van der Waals surface area contributed by atoms with Gasteiger partial charge in [0.1, 0.15) is 0 Å². The van der Waals surface area contributed by atoms with Crippen LogP contribution in [0.25, 0.3) is 0 Å². The highest BCUT2D eigenvalue weighted by Gasteiger charge is 2.26. The first-order valence-corrected chi connectivity index (χ1v) is 10.8. The second kappa shape index (κ2) is 8.55. The number of nitrogens with one attached hydrogen (secondary N) is 1. The summed E-state index contributed by atoms with van der Waals surface area (Å²) in [6.07, 6.45) is 0. The molecule has 0 unspecified atom stereocenters. The third-order valence-corrected chi connectivity index (χ3v) is 6.77. The lowest BCUT2D eigenvalue weighted by Crippen LogP contribution is -2.40. The number of aromatic carboxylic acids is 1. The van der Waals surface area contributed by atoms with Crippen molar-refractivity contribution in [3.63, 3.8) is 0 Å². The summed E-state index contributed by atoms with van der Waals surface area (Å²) in [6.45, 7) is 1.27. The number of nitrogens with zero attached hydrogens (tertiary/aromatic N) is 1. The summed E-state index contributed by atoms with van der Waals surface area (Å²) in [5.74, 6) is -1.68. The van der Waals surface area contributed by atoms with E-state index in [9.17, 15) is 23.1 Å². The number of carboxylic acids is 1. The van der Waals surface area contributed by atoms with Crippen LogP contribution in [0, 0.1) is 3.57 Å². The number of rotatable bonds is 5. The summed E-state index contributed by atoms with van der Waals surface area (Å²) in [5.41, 5.74) is 0.366. The molecule has 3 rings (SSSR count). The summed E-state index contributed by atoms with van der Waals surface area (Å²) in [5, 5.41) is 11.8. The molecule has 2 aromatic rings. The zero-order chi connectivity index (χ0) is 20.3. The molecule has 2 aromatic carbocycles. The van der Waals surface area contributed by atoms with E-state index in [4.69, 9.17) is 4.74 Å². The molecule has 1 aliphatic rings. The van der Waals surface area contributed by atoms with Crippen molar-refractivity contribution in [2.24, 2.45) is 0 Å². The Kier molecular flexibility index (Phi) is 6.33. The first-order chi connectivity index (χ1) is 13.3. The molecule has 10 heteroatoms. The van der Waals surface area contributed by atoms with Crippen LogP contribution in [-0.2, 0) is 14.8 Å². The van der Waals surface area contributed by atoms with E-state index in [1.54, 1.807) is 6.07 Å². The van der Waals surface area contributed by atoms with E-state index in [1.165, 1.54) is 40.7 Å². The summed E-state index contributed by atoms with van der Waals surface area (Å²) in [6, 6.07) is 10.2. The van der Waals surface area contributed by atoms with E-state index in [-0.39, 0.29) is 34.8 Å². The Balaban J connectivity index is 1.78. The maximum Gasteiger partial charge on any atom is 0.337 e. The number of hydrogen-bond acceptors (Lipinski definition) is 5. The number of carbonyl (C=O) groups is 2.